The number of benzene rings is 2. The van der Waals surface area contributed by atoms with Crippen molar-refractivity contribution in [2.75, 3.05) is 36.1 Å². The maximum atomic E-state index is 12.0. The number of tetrazole rings is 1. The van der Waals surface area contributed by atoms with Crippen molar-refractivity contribution in [3.05, 3.63) is 83.9 Å². The monoisotopic (exact) mass is 673 g/mol. The van der Waals surface area contributed by atoms with Gasteiger partial charge in [-0.1, -0.05) is 67.6 Å². The van der Waals surface area contributed by atoms with E-state index >= 15 is 0 Å². The molecule has 0 amide bonds. The molecular weight excluding hydrogens is 634 g/mol. The lowest BCUT2D eigenvalue weighted by atomic mass is 9.91. The zero-order valence-corrected chi connectivity index (χ0v) is 27.5. The van der Waals surface area contributed by atoms with E-state index in [0.29, 0.717) is 67.7 Å². The zero-order valence-electron chi connectivity index (χ0n) is 26.7. The van der Waals surface area contributed by atoms with Gasteiger partial charge < -0.3 is 25.0 Å². The number of nitrogens with one attached hydrogen (secondary N) is 2. The van der Waals surface area contributed by atoms with E-state index in [1.54, 1.807) is 10.9 Å². The number of aliphatic hydroxyl groups is 2. The fourth-order valence-electron chi connectivity index (χ4n) is 6.78. The molecule has 4 heterocycles. The fourth-order valence-corrected chi connectivity index (χ4v) is 7.58. The Hall–Kier alpha value is -4.51. The van der Waals surface area contributed by atoms with E-state index in [4.69, 9.17) is 15.0 Å². The Balaban J connectivity index is 1.25. The van der Waals surface area contributed by atoms with Gasteiger partial charge in [0.25, 0.3) is 0 Å². The average Bonchev–Trinajstić information content (AvgIpc) is 3.89. The SMILES string of the molecule is CCc1nnn([C@H]2C[C@@H](n3cnc4c(NCC(c5ccccc5)c5ccccc5)nc(N5CC[C@@H](NS(C)(=O)=O)C5)nc43)[C@H](O)[C@@H]2O)n1. The number of hydrogen-bond acceptors (Lipinski definition) is 12. The third-order valence-electron chi connectivity index (χ3n) is 9.20. The quantitative estimate of drug-likeness (QED) is 0.159. The van der Waals surface area contributed by atoms with Crippen molar-refractivity contribution in [2.45, 2.75) is 62.4 Å². The maximum absolute atomic E-state index is 12.0. The van der Waals surface area contributed by atoms with Crippen LogP contribution in [0.2, 0.25) is 0 Å². The summed E-state index contributed by atoms with van der Waals surface area (Å²) in [6, 6.07) is 19.0. The van der Waals surface area contributed by atoms with Crippen molar-refractivity contribution in [3.8, 4) is 0 Å². The topological polar surface area (TPSA) is 189 Å². The van der Waals surface area contributed by atoms with Gasteiger partial charge in [0.2, 0.25) is 16.0 Å². The van der Waals surface area contributed by atoms with Crippen LogP contribution < -0.4 is 14.9 Å². The van der Waals surface area contributed by atoms with Crippen LogP contribution >= 0.6 is 0 Å². The van der Waals surface area contributed by atoms with Gasteiger partial charge in [-0.15, -0.1) is 10.2 Å². The molecule has 1 aliphatic heterocycles. The van der Waals surface area contributed by atoms with Gasteiger partial charge in [0.15, 0.2) is 22.8 Å². The number of rotatable bonds is 11. The summed E-state index contributed by atoms with van der Waals surface area (Å²) in [4.78, 5) is 17.9. The van der Waals surface area contributed by atoms with E-state index in [9.17, 15) is 18.6 Å². The lowest BCUT2D eigenvalue weighted by Gasteiger charge is -2.22. The third kappa shape index (κ3) is 6.48. The minimum atomic E-state index is -3.39. The molecule has 0 radical (unpaired) electrons. The summed E-state index contributed by atoms with van der Waals surface area (Å²) < 4.78 is 28.4. The number of imidazole rings is 1. The molecule has 5 aromatic rings. The molecule has 0 unspecified atom stereocenters. The van der Waals surface area contributed by atoms with E-state index < -0.39 is 34.3 Å². The number of fused-ring (bicyclic) bond motifs is 1. The summed E-state index contributed by atoms with van der Waals surface area (Å²) in [6.45, 7) is 3.38. The lowest BCUT2D eigenvalue weighted by molar-refractivity contribution is 0.00473. The molecule has 2 aliphatic rings. The molecule has 15 nitrogen and oxygen atoms in total. The van der Waals surface area contributed by atoms with Crippen molar-refractivity contribution in [1.29, 1.82) is 0 Å². The van der Waals surface area contributed by atoms with Crippen LogP contribution in [0.1, 0.15) is 54.7 Å². The van der Waals surface area contributed by atoms with Crippen molar-refractivity contribution in [3.63, 3.8) is 0 Å². The molecule has 2 fully saturated rings. The first kappa shape index (κ1) is 32.1. The minimum Gasteiger partial charge on any atom is -0.388 e. The van der Waals surface area contributed by atoms with E-state index in [2.05, 4.69) is 49.7 Å². The minimum absolute atomic E-state index is 0.00818. The highest BCUT2D eigenvalue weighted by Crippen LogP contribution is 2.40. The summed E-state index contributed by atoms with van der Waals surface area (Å²) >= 11 is 0. The molecule has 1 saturated carbocycles. The molecule has 48 heavy (non-hydrogen) atoms. The van der Waals surface area contributed by atoms with Gasteiger partial charge in [-0.25, -0.2) is 18.1 Å². The van der Waals surface area contributed by atoms with Crippen LogP contribution in [0, 0.1) is 0 Å². The molecule has 4 N–H and O–H groups in total. The molecule has 252 valence electrons. The Morgan fingerprint density at radius 1 is 0.979 bits per heavy atom. The molecule has 0 bridgehead atoms. The van der Waals surface area contributed by atoms with E-state index in [1.165, 1.54) is 4.80 Å². The van der Waals surface area contributed by atoms with Gasteiger partial charge in [-0.2, -0.15) is 14.8 Å². The lowest BCUT2D eigenvalue weighted by Crippen LogP contribution is -2.36. The molecule has 0 spiro atoms. The van der Waals surface area contributed by atoms with Gasteiger partial charge in [0.1, 0.15) is 18.2 Å². The molecular formula is C32H39N11O4S. The zero-order chi connectivity index (χ0) is 33.4. The summed E-state index contributed by atoms with van der Waals surface area (Å²) in [6.07, 6.45) is 2.01. The molecule has 1 saturated heterocycles. The molecule has 1 aliphatic carbocycles. The van der Waals surface area contributed by atoms with Crippen molar-refractivity contribution >= 4 is 33.0 Å². The van der Waals surface area contributed by atoms with Gasteiger partial charge in [0, 0.05) is 38.0 Å². The van der Waals surface area contributed by atoms with E-state index in [1.807, 2.05) is 48.2 Å². The maximum Gasteiger partial charge on any atom is 0.229 e. The van der Waals surface area contributed by atoms with Crippen LogP contribution in [0.5, 0.6) is 0 Å². The Kier molecular flexibility index (Phi) is 8.80. The molecule has 2 aromatic carbocycles. The summed E-state index contributed by atoms with van der Waals surface area (Å²) in [7, 11) is -3.39. The normalized spacial score (nSPS) is 23.0. The second-order valence-corrected chi connectivity index (χ2v) is 14.3. The number of hydrogen-bond donors (Lipinski definition) is 4. The van der Waals surface area contributed by atoms with Gasteiger partial charge in [-0.05, 0) is 29.2 Å². The Bertz CT molecular complexity index is 1930. The Labute approximate surface area is 278 Å². The molecule has 5 atom stereocenters. The first-order valence-electron chi connectivity index (χ1n) is 16.1. The summed E-state index contributed by atoms with van der Waals surface area (Å²) in [5, 5.41) is 38.5. The van der Waals surface area contributed by atoms with Gasteiger partial charge in [0.05, 0.1) is 18.6 Å². The van der Waals surface area contributed by atoms with E-state index in [0.717, 1.165) is 17.4 Å². The fraction of sp³-hybridized carbons (Fsp3) is 0.438. The molecule has 16 heteroatoms. The van der Waals surface area contributed by atoms with Crippen molar-refractivity contribution in [1.82, 2.24) is 44.4 Å². The van der Waals surface area contributed by atoms with Gasteiger partial charge >= 0.3 is 0 Å². The highest BCUT2D eigenvalue weighted by molar-refractivity contribution is 7.88. The standard InChI is InChI=1S/C32H39N11O4S/c1-3-26-37-40-43(38-26)25-16-24(28(44)29(25)45)42-19-34-27-30(33-17-23(20-10-6-4-7-11-20)21-12-8-5-9-13-21)35-32(36-31(27)42)41-15-14-22(18-41)39-48(2,46)47/h4-13,19,22-25,28-29,39,44-45H,3,14-18H2,1-2H3,(H,33,35,36)/t22-,24-,25+,28+,29-/m1/s1. The predicted octanol–water partition coefficient (Wildman–Crippen LogP) is 1.65. The van der Waals surface area contributed by atoms with Crippen LogP contribution in [0.4, 0.5) is 11.8 Å². The van der Waals surface area contributed by atoms with Crippen LogP contribution in [-0.4, -0.2) is 102 Å². The predicted molar refractivity (Wildman–Crippen MR) is 179 cm³/mol. The number of sulfonamides is 1. The average molecular weight is 674 g/mol. The first-order chi connectivity index (χ1) is 23.2. The van der Waals surface area contributed by atoms with E-state index in [-0.39, 0.29) is 12.0 Å². The van der Waals surface area contributed by atoms with Crippen molar-refractivity contribution < 1.29 is 18.6 Å². The van der Waals surface area contributed by atoms with Crippen LogP contribution in [0.25, 0.3) is 11.2 Å². The largest absolute Gasteiger partial charge is 0.388 e. The Morgan fingerprint density at radius 2 is 1.67 bits per heavy atom. The number of aryl methyl sites for hydroxylation is 1. The highest BCUT2D eigenvalue weighted by Gasteiger charge is 2.45. The number of aromatic nitrogens is 8. The van der Waals surface area contributed by atoms with Crippen LogP contribution in [0.15, 0.2) is 67.0 Å². The second-order valence-electron chi connectivity index (χ2n) is 12.5. The van der Waals surface area contributed by atoms with Gasteiger partial charge in [-0.3, -0.25) is 0 Å². The van der Waals surface area contributed by atoms with Crippen molar-refractivity contribution in [2.24, 2.45) is 0 Å². The number of nitrogens with zero attached hydrogens (tertiary/aromatic N) is 9. The third-order valence-corrected chi connectivity index (χ3v) is 9.96. The summed E-state index contributed by atoms with van der Waals surface area (Å²) in [5.74, 6) is 1.49. The summed E-state index contributed by atoms with van der Waals surface area (Å²) in [5.41, 5.74) is 3.28. The smallest absolute Gasteiger partial charge is 0.229 e. The second kappa shape index (κ2) is 13.2. The van der Waals surface area contributed by atoms with Crippen LogP contribution in [-0.2, 0) is 16.4 Å². The molecule has 3 aromatic heterocycles. The Morgan fingerprint density at radius 3 is 2.31 bits per heavy atom. The molecule has 7 rings (SSSR count). The highest BCUT2D eigenvalue weighted by atomic mass is 32.2. The van der Waals surface area contributed by atoms with Crippen LogP contribution in [0.3, 0.4) is 0 Å². The number of anilines is 2. The first-order valence-corrected chi connectivity index (χ1v) is 18.0. The number of aliphatic hydroxyl groups excluding tert-OH is 2.